The number of hydrogen-bond donors (Lipinski definition) is 1. The highest BCUT2D eigenvalue weighted by Gasteiger charge is 2.22. The second kappa shape index (κ2) is 5.80. The van der Waals surface area contributed by atoms with Crippen LogP contribution in [0.2, 0.25) is 0 Å². The van der Waals surface area contributed by atoms with Crippen molar-refractivity contribution in [1.82, 2.24) is 9.97 Å². The SMILES string of the molecule is CCc1ccc(S(=O)(=O)c2cnc(SC)nc2N)cc1. The Morgan fingerprint density at radius 2 is 1.90 bits per heavy atom. The molecule has 0 radical (unpaired) electrons. The van der Waals surface area contributed by atoms with Gasteiger partial charge in [0.05, 0.1) is 11.1 Å². The molecule has 0 aliphatic rings. The van der Waals surface area contributed by atoms with Gasteiger partial charge >= 0.3 is 0 Å². The van der Waals surface area contributed by atoms with E-state index in [9.17, 15) is 8.42 Å². The van der Waals surface area contributed by atoms with Crippen LogP contribution < -0.4 is 5.73 Å². The van der Waals surface area contributed by atoms with Gasteiger partial charge in [0.1, 0.15) is 10.7 Å². The largest absolute Gasteiger partial charge is 0.382 e. The topological polar surface area (TPSA) is 85.9 Å². The fourth-order valence-electron chi connectivity index (χ4n) is 1.70. The maximum atomic E-state index is 12.5. The molecule has 0 unspecified atom stereocenters. The number of nitrogens with zero attached hydrogens (tertiary/aromatic N) is 2. The molecule has 0 spiro atoms. The lowest BCUT2D eigenvalue weighted by atomic mass is 10.2. The van der Waals surface area contributed by atoms with Gasteiger partial charge in [0.2, 0.25) is 9.84 Å². The van der Waals surface area contributed by atoms with Crippen molar-refractivity contribution in [3.05, 3.63) is 36.0 Å². The summed E-state index contributed by atoms with van der Waals surface area (Å²) >= 11 is 1.31. The molecule has 2 N–H and O–H groups in total. The highest BCUT2D eigenvalue weighted by atomic mass is 32.2. The van der Waals surface area contributed by atoms with Gasteiger partial charge < -0.3 is 5.73 Å². The van der Waals surface area contributed by atoms with E-state index < -0.39 is 9.84 Å². The summed E-state index contributed by atoms with van der Waals surface area (Å²) in [4.78, 5) is 8.08. The second-order valence-corrected chi connectivity index (χ2v) is 6.80. The Kier molecular flexibility index (Phi) is 4.29. The third kappa shape index (κ3) is 2.78. The van der Waals surface area contributed by atoms with E-state index in [1.165, 1.54) is 18.0 Å². The van der Waals surface area contributed by atoms with E-state index in [0.717, 1.165) is 12.0 Å². The molecule has 0 aliphatic carbocycles. The maximum Gasteiger partial charge on any atom is 0.211 e. The predicted octanol–water partition coefficient (Wildman–Crippen LogP) is 2.18. The number of thioether (sulfide) groups is 1. The van der Waals surface area contributed by atoms with Crippen molar-refractivity contribution < 1.29 is 8.42 Å². The zero-order valence-electron chi connectivity index (χ0n) is 11.2. The molecule has 0 fully saturated rings. The van der Waals surface area contributed by atoms with Crippen molar-refractivity contribution in [2.24, 2.45) is 0 Å². The fourth-order valence-corrected chi connectivity index (χ4v) is 3.31. The van der Waals surface area contributed by atoms with Gasteiger partial charge in [-0.25, -0.2) is 18.4 Å². The van der Waals surface area contributed by atoms with Gasteiger partial charge in [-0.15, -0.1) is 0 Å². The third-order valence-corrected chi connectivity index (χ3v) is 5.22. The molecule has 0 bridgehead atoms. The van der Waals surface area contributed by atoms with Crippen molar-refractivity contribution in [3.8, 4) is 0 Å². The number of anilines is 1. The lowest BCUT2D eigenvalue weighted by Crippen LogP contribution is -2.08. The summed E-state index contributed by atoms with van der Waals surface area (Å²) in [5.41, 5.74) is 6.81. The standard InChI is InChI=1S/C13H15N3O2S2/c1-3-9-4-6-10(7-5-9)20(17,18)11-8-15-13(19-2)16-12(11)14/h4-8H,3H2,1-2H3,(H2,14,15,16). The number of rotatable bonds is 4. The Balaban J connectivity index is 2.48. The summed E-state index contributed by atoms with van der Waals surface area (Å²) in [7, 11) is -3.68. The maximum absolute atomic E-state index is 12.5. The minimum Gasteiger partial charge on any atom is -0.382 e. The van der Waals surface area contributed by atoms with Crippen LogP contribution in [0.25, 0.3) is 0 Å². The van der Waals surface area contributed by atoms with Gasteiger partial charge in [-0.1, -0.05) is 30.8 Å². The normalized spacial score (nSPS) is 11.5. The summed E-state index contributed by atoms with van der Waals surface area (Å²) in [5.74, 6) is -0.0241. The zero-order valence-corrected chi connectivity index (χ0v) is 12.8. The first-order chi connectivity index (χ1) is 9.48. The van der Waals surface area contributed by atoms with Crippen LogP contribution >= 0.6 is 11.8 Å². The average Bonchev–Trinajstić information content (AvgIpc) is 2.46. The van der Waals surface area contributed by atoms with Gasteiger partial charge in [0.25, 0.3) is 0 Å². The van der Waals surface area contributed by atoms with Crippen LogP contribution in [0, 0.1) is 0 Å². The molecule has 7 heteroatoms. The number of sulfone groups is 1. The first kappa shape index (κ1) is 14.8. The van der Waals surface area contributed by atoms with Crippen LogP contribution in [0.1, 0.15) is 12.5 Å². The van der Waals surface area contributed by atoms with Crippen molar-refractivity contribution in [3.63, 3.8) is 0 Å². The number of nitrogens with two attached hydrogens (primary N) is 1. The molecule has 0 aliphatic heterocycles. The summed E-state index contributed by atoms with van der Waals surface area (Å²) in [6.07, 6.45) is 3.91. The number of hydrogen-bond acceptors (Lipinski definition) is 6. The van der Waals surface area contributed by atoms with Crippen LogP contribution in [0.4, 0.5) is 5.82 Å². The molecule has 1 aromatic heterocycles. The van der Waals surface area contributed by atoms with Crippen molar-refractivity contribution in [2.45, 2.75) is 28.3 Å². The van der Waals surface area contributed by atoms with Crippen molar-refractivity contribution in [2.75, 3.05) is 12.0 Å². The van der Waals surface area contributed by atoms with Crippen molar-refractivity contribution in [1.29, 1.82) is 0 Å². The average molecular weight is 309 g/mol. The second-order valence-electron chi connectivity index (χ2n) is 4.11. The number of benzene rings is 1. The number of nitrogen functional groups attached to an aromatic ring is 1. The van der Waals surface area contributed by atoms with Crippen LogP contribution in [0.15, 0.2) is 45.4 Å². The van der Waals surface area contributed by atoms with Crippen molar-refractivity contribution >= 4 is 27.4 Å². The Morgan fingerprint density at radius 1 is 1.25 bits per heavy atom. The van der Waals surface area contributed by atoms with Crippen LogP contribution in [0.5, 0.6) is 0 Å². The first-order valence-corrected chi connectivity index (χ1v) is 8.70. The lowest BCUT2D eigenvalue weighted by molar-refractivity contribution is 0.595. The fraction of sp³-hybridized carbons (Fsp3) is 0.231. The van der Waals surface area contributed by atoms with E-state index in [0.29, 0.717) is 5.16 Å². The Labute approximate surface area is 122 Å². The summed E-state index contributed by atoms with van der Waals surface area (Å²) in [6, 6.07) is 6.74. The molecular weight excluding hydrogens is 294 g/mol. The lowest BCUT2D eigenvalue weighted by Gasteiger charge is -2.08. The minimum atomic E-state index is -3.68. The van der Waals surface area contributed by atoms with E-state index in [4.69, 9.17) is 5.73 Å². The Morgan fingerprint density at radius 3 is 2.40 bits per heavy atom. The monoisotopic (exact) mass is 309 g/mol. The molecule has 106 valence electrons. The predicted molar refractivity (Wildman–Crippen MR) is 79.5 cm³/mol. The summed E-state index contributed by atoms with van der Waals surface area (Å²) in [5, 5.41) is 0.447. The van der Waals surface area contributed by atoms with Gasteiger partial charge in [-0.05, 0) is 30.4 Å². The highest BCUT2D eigenvalue weighted by Crippen LogP contribution is 2.25. The Hall–Kier alpha value is -1.60. The first-order valence-electron chi connectivity index (χ1n) is 5.99. The van der Waals surface area contributed by atoms with Crippen LogP contribution in [-0.2, 0) is 16.3 Å². The third-order valence-electron chi connectivity index (χ3n) is 2.87. The summed E-state index contributed by atoms with van der Waals surface area (Å²) < 4.78 is 25.0. The molecule has 2 rings (SSSR count). The van der Waals surface area contributed by atoms with Crippen LogP contribution in [0.3, 0.4) is 0 Å². The molecule has 0 atom stereocenters. The van der Waals surface area contributed by atoms with Crippen LogP contribution in [-0.4, -0.2) is 24.6 Å². The Bertz CT molecular complexity index is 713. The number of aromatic nitrogens is 2. The molecule has 2 aromatic rings. The molecule has 0 saturated heterocycles. The van der Waals surface area contributed by atoms with Gasteiger partial charge in [-0.3, -0.25) is 0 Å². The molecule has 1 aromatic carbocycles. The van der Waals surface area contributed by atoms with Gasteiger partial charge in [0, 0.05) is 0 Å². The molecular formula is C13H15N3O2S2. The van der Waals surface area contributed by atoms with E-state index in [-0.39, 0.29) is 15.6 Å². The van der Waals surface area contributed by atoms with E-state index in [1.54, 1.807) is 30.5 Å². The minimum absolute atomic E-state index is 0.0241. The molecule has 5 nitrogen and oxygen atoms in total. The summed E-state index contributed by atoms with van der Waals surface area (Å²) in [6.45, 7) is 2.01. The molecule has 20 heavy (non-hydrogen) atoms. The van der Waals surface area contributed by atoms with E-state index >= 15 is 0 Å². The van der Waals surface area contributed by atoms with Gasteiger partial charge in [-0.2, -0.15) is 0 Å². The number of aryl methyl sites for hydroxylation is 1. The highest BCUT2D eigenvalue weighted by molar-refractivity contribution is 7.98. The molecule has 1 heterocycles. The van der Waals surface area contributed by atoms with E-state index in [2.05, 4.69) is 9.97 Å². The molecule has 0 amide bonds. The quantitative estimate of drug-likeness (QED) is 0.688. The molecule has 0 saturated carbocycles. The van der Waals surface area contributed by atoms with E-state index in [1.807, 2.05) is 6.92 Å². The smallest absolute Gasteiger partial charge is 0.211 e. The van der Waals surface area contributed by atoms with Gasteiger partial charge in [0.15, 0.2) is 5.16 Å². The zero-order chi connectivity index (χ0) is 14.8.